The van der Waals surface area contributed by atoms with Gasteiger partial charge in [0.05, 0.1) is 28.1 Å². The van der Waals surface area contributed by atoms with Crippen molar-refractivity contribution in [2.75, 3.05) is 4.90 Å². The third-order valence-electron chi connectivity index (χ3n) is 6.02. The van der Waals surface area contributed by atoms with Crippen LogP contribution >= 0.6 is 36.4 Å². The van der Waals surface area contributed by atoms with Crippen LogP contribution in [0.25, 0.3) is 11.0 Å². The Hall–Kier alpha value is -3.64. The molecule has 0 aliphatic carbocycles. The number of fused-ring (bicyclic) bond motifs is 2. The normalized spacial score (nSPS) is 14.9. The van der Waals surface area contributed by atoms with E-state index in [0.29, 0.717) is 10.6 Å². The first-order valence-electron chi connectivity index (χ1n) is 10.9. The summed E-state index contributed by atoms with van der Waals surface area (Å²) >= 11 is 7.05. The van der Waals surface area contributed by atoms with Crippen LogP contribution in [0.4, 0.5) is 5.13 Å². The van der Waals surface area contributed by atoms with E-state index in [1.807, 2.05) is 0 Å². The summed E-state index contributed by atoms with van der Waals surface area (Å²) < 4.78 is 32.1. The number of phenols is 1. The second-order valence-corrected chi connectivity index (χ2v) is 11.9. The number of halogens is 1. The summed E-state index contributed by atoms with van der Waals surface area (Å²) in [6.07, 6.45) is 1.19. The first-order valence-corrected chi connectivity index (χ1v) is 13.6. The molecule has 1 unspecified atom stereocenters. The van der Waals surface area contributed by atoms with Crippen LogP contribution in [0.1, 0.15) is 27.7 Å². The second-order valence-electron chi connectivity index (χ2n) is 8.27. The fourth-order valence-electron chi connectivity index (χ4n) is 4.35. The van der Waals surface area contributed by atoms with Crippen LogP contribution in [0.15, 0.2) is 97.3 Å². The molecule has 5 aromatic rings. The van der Waals surface area contributed by atoms with Crippen molar-refractivity contribution in [1.82, 2.24) is 4.98 Å². The molecular formula is C26H17ClN2O6S3. The maximum atomic E-state index is 13.7. The van der Waals surface area contributed by atoms with Gasteiger partial charge in [-0.25, -0.2) is 13.4 Å². The van der Waals surface area contributed by atoms with Gasteiger partial charge < -0.3 is 9.52 Å². The number of sulfone groups is 1. The van der Waals surface area contributed by atoms with Crippen LogP contribution in [-0.2, 0) is 9.84 Å². The first-order chi connectivity index (χ1) is 17.8. The number of carbonyl (C=O) groups is 1. The van der Waals surface area contributed by atoms with E-state index in [1.54, 1.807) is 42.5 Å². The van der Waals surface area contributed by atoms with Gasteiger partial charge in [0, 0.05) is 11.1 Å². The predicted molar refractivity (Wildman–Crippen MR) is 149 cm³/mol. The lowest BCUT2D eigenvalue weighted by atomic mass is 9.99. The van der Waals surface area contributed by atoms with E-state index in [2.05, 4.69) is 4.98 Å². The molecule has 1 N–H and O–H groups in total. The Balaban J connectivity index is 0.00000294. The number of hydrogen-bond acceptors (Lipinski definition) is 8. The number of phenolic OH excluding ortho intramolecular Hbond substituents is 1. The van der Waals surface area contributed by atoms with Gasteiger partial charge in [0.1, 0.15) is 15.5 Å². The van der Waals surface area contributed by atoms with Gasteiger partial charge in [-0.2, -0.15) is 13.5 Å². The Morgan fingerprint density at radius 2 is 1.76 bits per heavy atom. The van der Waals surface area contributed by atoms with Crippen LogP contribution in [0.2, 0.25) is 5.02 Å². The molecule has 0 saturated carbocycles. The molecule has 1 atom stereocenters. The van der Waals surface area contributed by atoms with E-state index >= 15 is 0 Å². The lowest BCUT2D eigenvalue weighted by Gasteiger charge is -2.22. The van der Waals surface area contributed by atoms with Gasteiger partial charge in [-0.1, -0.05) is 53.3 Å². The van der Waals surface area contributed by atoms with E-state index in [-0.39, 0.29) is 55.8 Å². The maximum absolute atomic E-state index is 13.7. The number of carbonyl (C=O) groups excluding carboxylic acids is 1. The predicted octanol–water partition coefficient (Wildman–Crippen LogP) is 5.30. The number of aromatic hydroxyl groups is 1. The zero-order chi connectivity index (χ0) is 25.9. The number of nitrogens with zero attached hydrogens (tertiary/aromatic N) is 2. The Kier molecular flexibility index (Phi) is 6.56. The number of anilines is 1. The highest BCUT2D eigenvalue weighted by Gasteiger charge is 2.45. The van der Waals surface area contributed by atoms with Gasteiger partial charge >= 0.3 is 0 Å². The van der Waals surface area contributed by atoms with Crippen molar-refractivity contribution in [2.24, 2.45) is 0 Å². The zero-order valence-corrected chi connectivity index (χ0v) is 22.5. The quantitative estimate of drug-likeness (QED) is 0.304. The monoisotopic (exact) mass is 584 g/mol. The van der Waals surface area contributed by atoms with E-state index in [4.69, 9.17) is 16.0 Å². The molecule has 0 radical (unpaired) electrons. The minimum absolute atomic E-state index is 0. The van der Waals surface area contributed by atoms with E-state index in [1.165, 1.54) is 41.4 Å². The van der Waals surface area contributed by atoms with Crippen molar-refractivity contribution >= 4 is 68.3 Å². The lowest BCUT2D eigenvalue weighted by molar-refractivity contribution is 0.0971. The fraction of sp³-hybridized carbons (Fsp3) is 0.0385. The SMILES string of the molecule is O=C1c2oc3cc(O)ccc3c(=O)c2C(c2cccc(Cl)c2)N1c1ncc(S(=O)(=O)c2ccccc2)s1.S. The van der Waals surface area contributed by atoms with Gasteiger partial charge in [0.25, 0.3) is 5.91 Å². The molecule has 8 nitrogen and oxygen atoms in total. The van der Waals surface area contributed by atoms with Crippen molar-refractivity contribution in [3.63, 3.8) is 0 Å². The molecule has 6 rings (SSSR count). The number of thiazole rings is 1. The molecule has 12 heteroatoms. The van der Waals surface area contributed by atoms with E-state index in [9.17, 15) is 23.1 Å². The lowest BCUT2D eigenvalue weighted by Crippen LogP contribution is -2.29. The van der Waals surface area contributed by atoms with Crippen LogP contribution < -0.4 is 10.3 Å². The summed E-state index contributed by atoms with van der Waals surface area (Å²) in [6, 6.07) is 17.6. The number of amides is 1. The minimum atomic E-state index is -3.88. The van der Waals surface area contributed by atoms with Crippen LogP contribution in [0.3, 0.4) is 0 Å². The molecule has 38 heavy (non-hydrogen) atoms. The Morgan fingerprint density at radius 3 is 2.50 bits per heavy atom. The first kappa shape index (κ1) is 26.0. The highest BCUT2D eigenvalue weighted by Crippen LogP contribution is 2.44. The number of aromatic nitrogens is 1. The molecule has 3 aromatic carbocycles. The van der Waals surface area contributed by atoms with Crippen LogP contribution in [0.5, 0.6) is 5.75 Å². The molecule has 1 aliphatic heterocycles. The molecule has 3 heterocycles. The average molecular weight is 585 g/mol. The van der Waals surface area contributed by atoms with Crippen LogP contribution in [-0.4, -0.2) is 24.4 Å². The van der Waals surface area contributed by atoms with Gasteiger partial charge in [0.15, 0.2) is 10.6 Å². The number of benzene rings is 3. The Labute approximate surface area is 232 Å². The fourth-order valence-corrected chi connectivity index (χ4v) is 7.12. The Bertz CT molecular complexity index is 1890. The zero-order valence-electron chi connectivity index (χ0n) is 19.2. The number of rotatable bonds is 4. The summed E-state index contributed by atoms with van der Waals surface area (Å²) in [5, 5.41) is 10.5. The van der Waals surface area contributed by atoms with Crippen molar-refractivity contribution in [3.05, 3.63) is 111 Å². The topological polar surface area (TPSA) is 118 Å². The van der Waals surface area contributed by atoms with Crippen molar-refractivity contribution in [1.29, 1.82) is 0 Å². The number of hydrogen-bond donors (Lipinski definition) is 1. The molecule has 0 saturated heterocycles. The third-order valence-corrected chi connectivity index (χ3v) is 9.48. The standard InChI is InChI=1S/C26H15ClN2O6S2.H2S/c27-15-6-4-5-14(11-15)22-21-23(31)18-10-9-16(30)12-19(18)35-24(21)25(32)29(22)26-28-13-20(36-26)37(33,34)17-7-2-1-3-8-17;/h1-13,22,30H;1H2. The molecule has 2 aromatic heterocycles. The van der Waals surface area contributed by atoms with Gasteiger partial charge in [-0.3, -0.25) is 14.5 Å². The summed E-state index contributed by atoms with van der Waals surface area (Å²) in [5.74, 6) is -1.00. The van der Waals surface area contributed by atoms with E-state index < -0.39 is 27.2 Å². The van der Waals surface area contributed by atoms with Crippen molar-refractivity contribution in [2.45, 2.75) is 15.1 Å². The highest BCUT2D eigenvalue weighted by atomic mass is 35.5. The molecule has 1 aliphatic rings. The van der Waals surface area contributed by atoms with Crippen LogP contribution in [0, 0.1) is 0 Å². The highest BCUT2D eigenvalue weighted by molar-refractivity contribution is 7.93. The summed E-state index contributed by atoms with van der Waals surface area (Å²) in [5.41, 5.74) is 0.196. The molecule has 192 valence electrons. The third kappa shape index (κ3) is 4.08. The van der Waals surface area contributed by atoms with Crippen molar-refractivity contribution < 1.29 is 22.7 Å². The molecular weight excluding hydrogens is 568 g/mol. The molecule has 0 bridgehead atoms. The summed E-state index contributed by atoms with van der Waals surface area (Å²) in [6.45, 7) is 0. The molecule has 0 spiro atoms. The summed E-state index contributed by atoms with van der Waals surface area (Å²) in [4.78, 5) is 32.9. The largest absolute Gasteiger partial charge is 0.508 e. The molecule has 1 amide bonds. The van der Waals surface area contributed by atoms with Gasteiger partial charge in [-0.05, 0) is 42.0 Å². The second kappa shape index (κ2) is 9.59. The van der Waals surface area contributed by atoms with Gasteiger partial charge in [-0.15, -0.1) is 0 Å². The van der Waals surface area contributed by atoms with Crippen molar-refractivity contribution in [3.8, 4) is 5.75 Å². The smallest absolute Gasteiger partial charge is 0.297 e. The average Bonchev–Trinajstić information content (AvgIpc) is 3.48. The van der Waals surface area contributed by atoms with Gasteiger partial charge in [0.2, 0.25) is 15.6 Å². The Morgan fingerprint density at radius 1 is 1.00 bits per heavy atom. The van der Waals surface area contributed by atoms with E-state index in [0.717, 1.165) is 11.3 Å². The molecule has 0 fully saturated rings. The maximum Gasteiger partial charge on any atom is 0.297 e. The minimum Gasteiger partial charge on any atom is -0.508 e. The summed E-state index contributed by atoms with van der Waals surface area (Å²) in [7, 11) is -3.88.